The SMILES string of the molecule is OCC1(c2csc(-c3ccccn3)n2)CCC1. The summed E-state index contributed by atoms with van der Waals surface area (Å²) in [6.45, 7) is 0.207. The molecular weight excluding hydrogens is 232 g/mol. The molecule has 0 unspecified atom stereocenters. The first kappa shape index (κ1) is 10.9. The van der Waals surface area contributed by atoms with Crippen molar-refractivity contribution in [3.63, 3.8) is 0 Å². The van der Waals surface area contributed by atoms with E-state index < -0.39 is 0 Å². The van der Waals surface area contributed by atoms with Crippen molar-refractivity contribution in [1.29, 1.82) is 0 Å². The van der Waals surface area contributed by atoms with Gasteiger partial charge in [-0.05, 0) is 25.0 Å². The van der Waals surface area contributed by atoms with E-state index in [9.17, 15) is 5.11 Å². The summed E-state index contributed by atoms with van der Waals surface area (Å²) in [6, 6.07) is 5.84. The van der Waals surface area contributed by atoms with Gasteiger partial charge in [-0.25, -0.2) is 4.98 Å². The molecule has 1 aliphatic carbocycles. The maximum Gasteiger partial charge on any atom is 0.142 e. The van der Waals surface area contributed by atoms with Crippen LogP contribution < -0.4 is 0 Å². The summed E-state index contributed by atoms with van der Waals surface area (Å²) in [7, 11) is 0. The maximum atomic E-state index is 9.52. The van der Waals surface area contributed by atoms with Gasteiger partial charge in [0.1, 0.15) is 5.01 Å². The molecule has 0 radical (unpaired) electrons. The van der Waals surface area contributed by atoms with Gasteiger partial charge in [-0.3, -0.25) is 4.98 Å². The van der Waals surface area contributed by atoms with Crippen LogP contribution in [0.25, 0.3) is 10.7 Å². The summed E-state index contributed by atoms with van der Waals surface area (Å²) in [5.74, 6) is 0. The van der Waals surface area contributed by atoms with Crippen molar-refractivity contribution in [2.75, 3.05) is 6.61 Å². The normalized spacial score (nSPS) is 17.7. The maximum absolute atomic E-state index is 9.52. The molecule has 0 atom stereocenters. The lowest BCUT2D eigenvalue weighted by Crippen LogP contribution is -2.38. The van der Waals surface area contributed by atoms with Crippen LogP contribution in [0.4, 0.5) is 0 Å². The van der Waals surface area contributed by atoms with E-state index in [-0.39, 0.29) is 12.0 Å². The molecule has 17 heavy (non-hydrogen) atoms. The molecule has 0 spiro atoms. The van der Waals surface area contributed by atoms with Gasteiger partial charge in [0.05, 0.1) is 18.0 Å². The highest BCUT2D eigenvalue weighted by atomic mass is 32.1. The lowest BCUT2D eigenvalue weighted by Gasteiger charge is -2.38. The van der Waals surface area contributed by atoms with Gasteiger partial charge < -0.3 is 5.11 Å². The number of rotatable bonds is 3. The Bertz CT molecular complexity index is 500. The largest absolute Gasteiger partial charge is 0.395 e. The lowest BCUT2D eigenvalue weighted by atomic mass is 9.67. The number of aliphatic hydroxyl groups excluding tert-OH is 1. The third-order valence-corrected chi connectivity index (χ3v) is 4.41. The average molecular weight is 246 g/mol. The molecule has 2 aromatic rings. The van der Waals surface area contributed by atoms with Crippen molar-refractivity contribution in [3.8, 4) is 10.7 Å². The molecule has 4 heteroatoms. The Morgan fingerprint density at radius 2 is 2.24 bits per heavy atom. The second-order valence-electron chi connectivity index (χ2n) is 4.54. The van der Waals surface area contributed by atoms with Gasteiger partial charge in [-0.2, -0.15) is 0 Å². The van der Waals surface area contributed by atoms with E-state index in [1.807, 2.05) is 18.2 Å². The van der Waals surface area contributed by atoms with Gasteiger partial charge in [0.25, 0.3) is 0 Å². The van der Waals surface area contributed by atoms with Crippen LogP contribution in [0.3, 0.4) is 0 Å². The van der Waals surface area contributed by atoms with Crippen LogP contribution in [0.5, 0.6) is 0 Å². The third kappa shape index (κ3) is 1.77. The monoisotopic (exact) mass is 246 g/mol. The highest BCUT2D eigenvalue weighted by molar-refractivity contribution is 7.13. The van der Waals surface area contributed by atoms with Crippen LogP contribution in [0.2, 0.25) is 0 Å². The predicted octanol–water partition coefficient (Wildman–Crippen LogP) is 2.62. The van der Waals surface area contributed by atoms with Gasteiger partial charge >= 0.3 is 0 Å². The highest BCUT2D eigenvalue weighted by Gasteiger charge is 2.40. The molecule has 2 aromatic heterocycles. The second-order valence-corrected chi connectivity index (χ2v) is 5.40. The zero-order valence-electron chi connectivity index (χ0n) is 9.47. The first-order valence-electron chi connectivity index (χ1n) is 5.82. The van der Waals surface area contributed by atoms with E-state index in [0.29, 0.717) is 0 Å². The Balaban J connectivity index is 1.93. The Kier molecular flexibility index (Phi) is 2.68. The minimum atomic E-state index is -0.0659. The summed E-state index contributed by atoms with van der Waals surface area (Å²) in [5, 5.41) is 12.5. The van der Waals surface area contributed by atoms with Crippen molar-refractivity contribution in [3.05, 3.63) is 35.5 Å². The van der Waals surface area contributed by atoms with Crippen molar-refractivity contribution >= 4 is 11.3 Å². The number of thiazole rings is 1. The highest BCUT2D eigenvalue weighted by Crippen LogP contribution is 2.44. The molecule has 0 aliphatic heterocycles. The van der Waals surface area contributed by atoms with Crippen molar-refractivity contribution < 1.29 is 5.11 Å². The number of nitrogens with zero attached hydrogens (tertiary/aromatic N) is 2. The van der Waals surface area contributed by atoms with Crippen LogP contribution in [-0.4, -0.2) is 21.7 Å². The van der Waals surface area contributed by atoms with Gasteiger partial charge in [-0.15, -0.1) is 11.3 Å². The molecule has 3 rings (SSSR count). The number of aliphatic hydroxyl groups is 1. The van der Waals surface area contributed by atoms with Gasteiger partial charge in [0.2, 0.25) is 0 Å². The molecule has 0 aromatic carbocycles. The molecule has 1 aliphatic rings. The number of hydrogen-bond acceptors (Lipinski definition) is 4. The average Bonchev–Trinajstić information content (AvgIpc) is 2.80. The molecule has 0 bridgehead atoms. The smallest absolute Gasteiger partial charge is 0.142 e. The summed E-state index contributed by atoms with van der Waals surface area (Å²) >= 11 is 1.61. The molecular formula is C13H14N2OS. The number of pyridine rings is 1. The van der Waals surface area contributed by atoms with E-state index >= 15 is 0 Å². The molecule has 0 saturated heterocycles. The third-order valence-electron chi connectivity index (χ3n) is 3.54. The zero-order chi connectivity index (χ0) is 11.7. The lowest BCUT2D eigenvalue weighted by molar-refractivity contribution is 0.117. The van der Waals surface area contributed by atoms with Gasteiger partial charge in [0.15, 0.2) is 0 Å². The van der Waals surface area contributed by atoms with E-state index in [4.69, 9.17) is 0 Å². The zero-order valence-corrected chi connectivity index (χ0v) is 10.3. The first-order valence-corrected chi connectivity index (χ1v) is 6.70. The van der Waals surface area contributed by atoms with Crippen molar-refractivity contribution in [2.24, 2.45) is 0 Å². The van der Waals surface area contributed by atoms with Crippen LogP contribution in [0.1, 0.15) is 25.0 Å². The molecule has 1 saturated carbocycles. The molecule has 3 nitrogen and oxygen atoms in total. The van der Waals surface area contributed by atoms with E-state index in [2.05, 4.69) is 15.3 Å². The molecule has 2 heterocycles. The molecule has 0 amide bonds. The van der Waals surface area contributed by atoms with E-state index in [0.717, 1.165) is 29.2 Å². The minimum Gasteiger partial charge on any atom is -0.395 e. The fraction of sp³-hybridized carbons (Fsp3) is 0.385. The van der Waals surface area contributed by atoms with Crippen LogP contribution in [-0.2, 0) is 5.41 Å². The Morgan fingerprint density at radius 1 is 1.35 bits per heavy atom. The van der Waals surface area contributed by atoms with Crippen LogP contribution >= 0.6 is 11.3 Å². The molecule has 1 N–H and O–H groups in total. The predicted molar refractivity (Wildman–Crippen MR) is 68.0 cm³/mol. The summed E-state index contributed by atoms with van der Waals surface area (Å²) in [4.78, 5) is 8.94. The van der Waals surface area contributed by atoms with E-state index in [1.165, 1.54) is 6.42 Å². The fourth-order valence-electron chi connectivity index (χ4n) is 2.22. The standard InChI is InChI=1S/C13H14N2OS/c16-9-13(5-3-6-13)11-8-17-12(15-11)10-4-1-2-7-14-10/h1-2,4,7-8,16H,3,5-6,9H2. The number of hydrogen-bond donors (Lipinski definition) is 1. The fourth-order valence-corrected chi connectivity index (χ4v) is 3.14. The van der Waals surface area contributed by atoms with Gasteiger partial charge in [0, 0.05) is 17.0 Å². The Labute approximate surface area is 104 Å². The molecule has 88 valence electrons. The first-order chi connectivity index (χ1) is 8.34. The van der Waals surface area contributed by atoms with Crippen LogP contribution in [0.15, 0.2) is 29.8 Å². The topological polar surface area (TPSA) is 46.0 Å². The Hall–Kier alpha value is -1.26. The summed E-state index contributed by atoms with van der Waals surface area (Å²) < 4.78 is 0. The van der Waals surface area contributed by atoms with Crippen LogP contribution in [0, 0.1) is 0 Å². The minimum absolute atomic E-state index is 0.0659. The number of aromatic nitrogens is 2. The summed E-state index contributed by atoms with van der Waals surface area (Å²) in [5.41, 5.74) is 1.89. The van der Waals surface area contributed by atoms with E-state index in [1.54, 1.807) is 17.5 Å². The molecule has 1 fully saturated rings. The van der Waals surface area contributed by atoms with Gasteiger partial charge in [-0.1, -0.05) is 12.5 Å². The second kappa shape index (κ2) is 4.20. The Morgan fingerprint density at radius 3 is 2.82 bits per heavy atom. The quantitative estimate of drug-likeness (QED) is 0.905. The van der Waals surface area contributed by atoms with Crippen molar-refractivity contribution in [1.82, 2.24) is 9.97 Å². The van der Waals surface area contributed by atoms with Crippen molar-refractivity contribution in [2.45, 2.75) is 24.7 Å². The summed E-state index contributed by atoms with van der Waals surface area (Å²) in [6.07, 6.45) is 5.07.